The van der Waals surface area contributed by atoms with E-state index in [-0.39, 0.29) is 27.1 Å². The molecule has 2 rings (SSSR count). The van der Waals surface area contributed by atoms with Gasteiger partial charge >= 0.3 is 11.9 Å². The van der Waals surface area contributed by atoms with Gasteiger partial charge in [0, 0.05) is 10.9 Å². The van der Waals surface area contributed by atoms with Crippen LogP contribution in [0.1, 0.15) is 18.4 Å². The summed E-state index contributed by atoms with van der Waals surface area (Å²) in [5, 5.41) is 27.9. The van der Waals surface area contributed by atoms with Crippen molar-refractivity contribution in [2.75, 3.05) is 7.11 Å². The van der Waals surface area contributed by atoms with E-state index in [2.05, 4.69) is 15.9 Å². The maximum absolute atomic E-state index is 12.7. The fourth-order valence-corrected chi connectivity index (χ4v) is 4.14. The highest BCUT2D eigenvalue weighted by molar-refractivity contribution is 9.10. The number of phenolic OH excluding ortho intramolecular Hbond substituents is 1. The van der Waals surface area contributed by atoms with Crippen molar-refractivity contribution in [2.45, 2.75) is 18.9 Å². The van der Waals surface area contributed by atoms with Crippen molar-refractivity contribution in [1.82, 2.24) is 4.90 Å². The molecule has 0 unspecified atom stereocenters. The molecule has 11 heteroatoms. The Balaban J connectivity index is 2.35. The molecular formula is C16H14BrNO7S2. The van der Waals surface area contributed by atoms with Crippen molar-refractivity contribution < 1.29 is 34.4 Å². The lowest BCUT2D eigenvalue weighted by Gasteiger charge is -2.22. The van der Waals surface area contributed by atoms with Crippen molar-refractivity contribution in [3.05, 3.63) is 27.1 Å². The number of thioether (sulfide) groups is 1. The third-order valence-corrected chi connectivity index (χ3v) is 5.65. The number of phenols is 1. The van der Waals surface area contributed by atoms with Gasteiger partial charge in [0.2, 0.25) is 0 Å². The number of carbonyl (C=O) groups is 3. The Morgan fingerprint density at radius 2 is 2.07 bits per heavy atom. The van der Waals surface area contributed by atoms with Gasteiger partial charge in [-0.15, -0.1) is 0 Å². The molecule has 1 heterocycles. The molecule has 1 aromatic rings. The van der Waals surface area contributed by atoms with E-state index in [0.717, 1.165) is 16.7 Å². The van der Waals surface area contributed by atoms with E-state index in [1.807, 2.05) is 0 Å². The van der Waals surface area contributed by atoms with Crippen molar-refractivity contribution >= 4 is 68.2 Å². The van der Waals surface area contributed by atoms with Crippen molar-refractivity contribution in [1.29, 1.82) is 0 Å². The molecule has 3 N–H and O–H groups in total. The number of carboxylic acid groups (broad SMARTS) is 2. The van der Waals surface area contributed by atoms with E-state index in [1.54, 1.807) is 0 Å². The highest BCUT2D eigenvalue weighted by Gasteiger charge is 2.40. The number of halogens is 1. The van der Waals surface area contributed by atoms with Crippen LogP contribution in [0.15, 0.2) is 21.5 Å². The van der Waals surface area contributed by atoms with Gasteiger partial charge in [-0.2, -0.15) is 0 Å². The molecule has 1 aliphatic rings. The summed E-state index contributed by atoms with van der Waals surface area (Å²) in [6.45, 7) is 0. The Morgan fingerprint density at radius 3 is 2.63 bits per heavy atom. The van der Waals surface area contributed by atoms with E-state index in [9.17, 15) is 24.6 Å². The van der Waals surface area contributed by atoms with Crippen LogP contribution in [0.4, 0.5) is 0 Å². The smallest absolute Gasteiger partial charge is 0.326 e. The average Bonchev–Trinajstić information content (AvgIpc) is 2.84. The van der Waals surface area contributed by atoms with Gasteiger partial charge in [0.25, 0.3) is 5.91 Å². The lowest BCUT2D eigenvalue weighted by atomic mass is 10.1. The first kappa shape index (κ1) is 21.2. The van der Waals surface area contributed by atoms with E-state index >= 15 is 0 Å². The van der Waals surface area contributed by atoms with E-state index in [0.29, 0.717) is 10.0 Å². The van der Waals surface area contributed by atoms with Gasteiger partial charge in [-0.05, 0) is 30.2 Å². The van der Waals surface area contributed by atoms with Crippen LogP contribution in [0, 0.1) is 0 Å². The van der Waals surface area contributed by atoms with Crippen LogP contribution < -0.4 is 4.74 Å². The van der Waals surface area contributed by atoms with Gasteiger partial charge in [0.05, 0.1) is 12.0 Å². The first-order valence-electron chi connectivity index (χ1n) is 7.43. The number of aromatic hydroxyl groups is 1. The van der Waals surface area contributed by atoms with Crippen molar-refractivity contribution in [3.63, 3.8) is 0 Å². The Kier molecular flexibility index (Phi) is 6.84. The summed E-state index contributed by atoms with van der Waals surface area (Å²) in [5.74, 6) is -3.01. The zero-order chi connectivity index (χ0) is 20.3. The Hall–Kier alpha value is -2.11. The number of rotatable bonds is 7. The zero-order valence-electron chi connectivity index (χ0n) is 13.8. The maximum Gasteiger partial charge on any atom is 0.326 e. The number of hydrogen-bond acceptors (Lipinski definition) is 7. The molecule has 1 atom stereocenters. The number of ether oxygens (including phenoxy) is 1. The summed E-state index contributed by atoms with van der Waals surface area (Å²) in [7, 11) is 1.38. The highest BCUT2D eigenvalue weighted by Crippen LogP contribution is 2.38. The van der Waals surface area contributed by atoms with Gasteiger partial charge in [-0.1, -0.05) is 39.9 Å². The predicted octanol–water partition coefficient (Wildman–Crippen LogP) is 2.68. The molecule has 1 saturated heterocycles. The second-order valence-corrected chi connectivity index (χ2v) is 7.91. The van der Waals surface area contributed by atoms with Gasteiger partial charge in [-0.25, -0.2) is 4.79 Å². The second kappa shape index (κ2) is 8.72. The Bertz CT molecular complexity index is 855. The van der Waals surface area contributed by atoms with E-state index in [1.165, 1.54) is 25.3 Å². The fraction of sp³-hybridized carbons (Fsp3) is 0.250. The van der Waals surface area contributed by atoms with Gasteiger partial charge < -0.3 is 20.1 Å². The molecule has 1 aromatic carbocycles. The normalized spacial score (nSPS) is 16.7. The lowest BCUT2D eigenvalue weighted by Crippen LogP contribution is -2.44. The summed E-state index contributed by atoms with van der Waals surface area (Å²) >= 11 is 9.32. The standard InChI is InChI=1S/C16H14BrNO7S2/c1-25-11-4-7(8(17)6-10(11)19)5-12-14(22)18(16(26)27-12)9(15(23)24)2-3-13(20)21/h4-6,9,19H,2-3H2,1H3,(H,20,21)(H,23,24)/b12-5-/t9-/m0/s1. The molecule has 1 aliphatic heterocycles. The molecule has 8 nitrogen and oxygen atoms in total. The van der Waals surface area contributed by atoms with Crippen LogP contribution in [0.25, 0.3) is 6.08 Å². The number of carboxylic acids is 2. The minimum Gasteiger partial charge on any atom is -0.504 e. The van der Waals surface area contributed by atoms with Gasteiger partial charge in [0.1, 0.15) is 10.4 Å². The quantitative estimate of drug-likeness (QED) is 0.403. The monoisotopic (exact) mass is 475 g/mol. The Morgan fingerprint density at radius 1 is 1.41 bits per heavy atom. The number of amides is 1. The van der Waals surface area contributed by atoms with Gasteiger partial charge in [0.15, 0.2) is 11.5 Å². The molecular weight excluding hydrogens is 462 g/mol. The molecule has 0 saturated carbocycles. The summed E-state index contributed by atoms with van der Waals surface area (Å²) < 4.78 is 5.56. The van der Waals surface area contributed by atoms with Crippen LogP contribution in [0.3, 0.4) is 0 Å². The molecule has 0 aliphatic carbocycles. The third kappa shape index (κ3) is 4.79. The molecule has 0 bridgehead atoms. The predicted molar refractivity (Wildman–Crippen MR) is 106 cm³/mol. The SMILES string of the molecule is COc1cc(/C=C2\SC(=S)N([C@@H](CCC(=O)O)C(=O)O)C2=O)c(Br)cc1O. The van der Waals surface area contributed by atoms with E-state index in [4.69, 9.17) is 22.1 Å². The zero-order valence-corrected chi connectivity index (χ0v) is 17.1. The Labute approximate surface area is 171 Å². The third-order valence-electron chi connectivity index (χ3n) is 3.64. The van der Waals surface area contributed by atoms with Gasteiger partial charge in [-0.3, -0.25) is 14.5 Å². The number of methoxy groups -OCH3 is 1. The summed E-state index contributed by atoms with van der Waals surface area (Å²) in [4.78, 5) is 36.0. The highest BCUT2D eigenvalue weighted by atomic mass is 79.9. The lowest BCUT2D eigenvalue weighted by molar-refractivity contribution is -0.146. The van der Waals surface area contributed by atoms with Crippen LogP contribution >= 0.6 is 39.9 Å². The number of benzene rings is 1. The number of aliphatic carboxylic acids is 2. The number of thiocarbonyl (C=S) groups is 1. The average molecular weight is 476 g/mol. The summed E-state index contributed by atoms with van der Waals surface area (Å²) in [5.41, 5.74) is 0.516. The van der Waals surface area contributed by atoms with E-state index < -0.39 is 30.3 Å². The summed E-state index contributed by atoms with van der Waals surface area (Å²) in [6, 6.07) is 1.54. The van der Waals surface area contributed by atoms with Crippen LogP contribution in [0.2, 0.25) is 0 Å². The summed E-state index contributed by atoms with van der Waals surface area (Å²) in [6.07, 6.45) is 0.816. The minimum absolute atomic E-state index is 0.0332. The number of nitrogens with zero attached hydrogens (tertiary/aromatic N) is 1. The van der Waals surface area contributed by atoms with Crippen LogP contribution in [0.5, 0.6) is 11.5 Å². The number of hydrogen-bond donors (Lipinski definition) is 3. The second-order valence-electron chi connectivity index (χ2n) is 5.38. The molecule has 27 heavy (non-hydrogen) atoms. The van der Waals surface area contributed by atoms with Crippen molar-refractivity contribution in [3.8, 4) is 11.5 Å². The molecule has 144 valence electrons. The van der Waals surface area contributed by atoms with Crippen molar-refractivity contribution in [2.24, 2.45) is 0 Å². The number of carbonyl (C=O) groups excluding carboxylic acids is 1. The largest absolute Gasteiger partial charge is 0.504 e. The molecule has 1 amide bonds. The van der Waals surface area contributed by atoms with Crippen LogP contribution in [-0.2, 0) is 14.4 Å². The topological polar surface area (TPSA) is 124 Å². The molecule has 0 aromatic heterocycles. The molecule has 0 radical (unpaired) electrons. The van der Waals surface area contributed by atoms with Crippen LogP contribution in [-0.4, -0.2) is 55.5 Å². The minimum atomic E-state index is -1.36. The first-order chi connectivity index (χ1) is 12.6. The fourth-order valence-electron chi connectivity index (χ4n) is 2.35. The molecule has 1 fully saturated rings. The molecule has 0 spiro atoms. The maximum atomic E-state index is 12.7. The first-order valence-corrected chi connectivity index (χ1v) is 9.45.